The highest BCUT2D eigenvalue weighted by molar-refractivity contribution is 9.10. The summed E-state index contributed by atoms with van der Waals surface area (Å²) in [5.41, 5.74) is 0. The van der Waals surface area contributed by atoms with Crippen LogP contribution in [0.2, 0.25) is 0 Å². The molecule has 0 atom stereocenters. The van der Waals surface area contributed by atoms with Gasteiger partial charge in [0.15, 0.2) is 10.4 Å². The first-order chi connectivity index (χ1) is 9.71. The molecule has 0 unspecified atom stereocenters. The number of halogens is 2. The van der Waals surface area contributed by atoms with Crippen molar-refractivity contribution >= 4 is 41.6 Å². The van der Waals surface area contributed by atoms with E-state index in [1.54, 1.807) is 0 Å². The number of ether oxygens (including phenoxy) is 1. The van der Waals surface area contributed by atoms with E-state index in [-0.39, 0.29) is 15.3 Å². The highest BCUT2D eigenvalue weighted by atomic mass is 79.9. The minimum absolute atomic E-state index is 0.101. The molecule has 0 radical (unpaired) electrons. The van der Waals surface area contributed by atoms with Gasteiger partial charge in [0, 0.05) is 29.9 Å². The van der Waals surface area contributed by atoms with Crippen molar-refractivity contribution in [3.63, 3.8) is 0 Å². The summed E-state index contributed by atoms with van der Waals surface area (Å²) in [5, 5.41) is 2.56. The molecule has 1 rings (SSSR count). The third-order valence-corrected chi connectivity index (χ3v) is 4.69. The Morgan fingerprint density at radius 2 is 2.14 bits per heavy atom. The first kappa shape index (κ1) is 18.5. The average molecular weight is 403 g/mol. The summed E-state index contributed by atoms with van der Waals surface area (Å²) in [6.45, 7) is 5.51. The number of hydrogen-bond acceptors (Lipinski definition) is 5. The zero-order valence-corrected chi connectivity index (χ0v) is 14.8. The number of hydrogen-bond donors (Lipinski definition) is 1. The van der Waals surface area contributed by atoms with Crippen LogP contribution in [0, 0.1) is 5.92 Å². The van der Waals surface area contributed by atoms with E-state index in [0.29, 0.717) is 25.7 Å². The molecule has 120 valence electrons. The number of furan rings is 1. The first-order valence-corrected chi connectivity index (χ1v) is 9.42. The lowest BCUT2D eigenvalue weighted by molar-refractivity contribution is 0.0879. The normalized spacial score (nSPS) is 11.9. The summed E-state index contributed by atoms with van der Waals surface area (Å²) in [4.78, 5) is 11.5. The zero-order valence-electron chi connectivity index (χ0n) is 11.7. The Balaban J connectivity index is 2.43. The van der Waals surface area contributed by atoms with Crippen molar-refractivity contribution in [2.24, 2.45) is 5.92 Å². The molecule has 0 spiro atoms. The predicted molar refractivity (Wildman–Crippen MR) is 82.1 cm³/mol. The van der Waals surface area contributed by atoms with Crippen molar-refractivity contribution in [2.75, 3.05) is 19.8 Å². The Labute approximate surface area is 136 Å². The van der Waals surface area contributed by atoms with Crippen LogP contribution in [0.1, 0.15) is 30.8 Å². The third kappa shape index (κ3) is 6.37. The van der Waals surface area contributed by atoms with Crippen LogP contribution >= 0.6 is 26.6 Å². The molecular weight excluding hydrogens is 386 g/mol. The lowest BCUT2D eigenvalue weighted by Crippen LogP contribution is -2.27. The summed E-state index contributed by atoms with van der Waals surface area (Å²) in [5.74, 6) is -0.103. The van der Waals surface area contributed by atoms with Crippen molar-refractivity contribution in [1.29, 1.82) is 0 Å². The molecule has 21 heavy (non-hydrogen) atoms. The molecule has 0 aliphatic heterocycles. The summed E-state index contributed by atoms with van der Waals surface area (Å²) in [6.07, 6.45) is 0.954. The van der Waals surface area contributed by atoms with Gasteiger partial charge in [-0.05, 0) is 28.3 Å². The number of rotatable bonds is 8. The third-order valence-electron chi connectivity index (χ3n) is 2.51. The van der Waals surface area contributed by atoms with E-state index < -0.39 is 15.0 Å². The van der Waals surface area contributed by atoms with Gasteiger partial charge in [0.1, 0.15) is 4.90 Å². The van der Waals surface area contributed by atoms with Crippen molar-refractivity contribution in [3.05, 3.63) is 16.5 Å². The van der Waals surface area contributed by atoms with Gasteiger partial charge >= 0.3 is 0 Å². The lowest BCUT2D eigenvalue weighted by Gasteiger charge is -2.06. The van der Waals surface area contributed by atoms with Crippen molar-refractivity contribution in [2.45, 2.75) is 25.2 Å². The lowest BCUT2D eigenvalue weighted by atomic mass is 10.1. The second-order valence-electron chi connectivity index (χ2n) is 4.74. The summed E-state index contributed by atoms with van der Waals surface area (Å²) >= 11 is 2.90. The molecule has 1 N–H and O–H groups in total. The van der Waals surface area contributed by atoms with E-state index in [9.17, 15) is 13.2 Å². The summed E-state index contributed by atoms with van der Waals surface area (Å²) < 4.78 is 32.7. The van der Waals surface area contributed by atoms with Crippen molar-refractivity contribution in [1.82, 2.24) is 5.32 Å². The van der Waals surface area contributed by atoms with E-state index in [4.69, 9.17) is 19.8 Å². The van der Waals surface area contributed by atoms with E-state index in [0.717, 1.165) is 12.5 Å². The van der Waals surface area contributed by atoms with Gasteiger partial charge in [0.25, 0.3) is 15.0 Å². The van der Waals surface area contributed by atoms with Gasteiger partial charge in [-0.1, -0.05) is 13.8 Å². The fourth-order valence-corrected chi connectivity index (χ4v) is 3.41. The number of carbonyl (C=O) groups is 1. The molecule has 0 saturated carbocycles. The topological polar surface area (TPSA) is 85.6 Å². The molecule has 1 aromatic heterocycles. The Hall–Kier alpha value is -0.570. The minimum Gasteiger partial charge on any atom is -0.443 e. The first-order valence-electron chi connectivity index (χ1n) is 6.31. The van der Waals surface area contributed by atoms with Crippen LogP contribution in [-0.2, 0) is 13.8 Å². The van der Waals surface area contributed by atoms with Gasteiger partial charge in [0.2, 0.25) is 0 Å². The van der Waals surface area contributed by atoms with E-state index in [1.807, 2.05) is 0 Å². The van der Waals surface area contributed by atoms with Gasteiger partial charge in [0.05, 0.1) is 6.61 Å². The SMILES string of the molecule is CC(C)CCOCCNC(=O)c1cc(S(=O)(=O)Cl)c(Br)o1. The van der Waals surface area contributed by atoms with E-state index >= 15 is 0 Å². The molecule has 1 heterocycles. The maximum Gasteiger partial charge on any atom is 0.287 e. The van der Waals surface area contributed by atoms with Gasteiger partial charge in [-0.3, -0.25) is 4.79 Å². The van der Waals surface area contributed by atoms with Gasteiger partial charge in [-0.15, -0.1) is 0 Å². The smallest absolute Gasteiger partial charge is 0.287 e. The molecule has 1 amide bonds. The van der Waals surface area contributed by atoms with Crippen LogP contribution in [0.25, 0.3) is 0 Å². The molecule has 0 saturated heterocycles. The monoisotopic (exact) mass is 401 g/mol. The highest BCUT2D eigenvalue weighted by Crippen LogP contribution is 2.28. The van der Waals surface area contributed by atoms with Gasteiger partial charge < -0.3 is 14.5 Å². The molecule has 0 fully saturated rings. The zero-order chi connectivity index (χ0) is 16.0. The molecule has 6 nitrogen and oxygen atoms in total. The Bertz CT molecular complexity index is 584. The maximum absolute atomic E-state index is 11.8. The second kappa shape index (κ2) is 8.17. The number of nitrogens with one attached hydrogen (secondary N) is 1. The Kier molecular flexibility index (Phi) is 7.19. The van der Waals surface area contributed by atoms with Crippen LogP contribution in [0.3, 0.4) is 0 Å². The Morgan fingerprint density at radius 3 is 2.67 bits per heavy atom. The van der Waals surface area contributed by atoms with E-state index in [2.05, 4.69) is 35.1 Å². The van der Waals surface area contributed by atoms with Gasteiger partial charge in [-0.2, -0.15) is 0 Å². The number of amides is 1. The van der Waals surface area contributed by atoms with Crippen LogP contribution in [0.4, 0.5) is 0 Å². The Morgan fingerprint density at radius 1 is 1.48 bits per heavy atom. The molecule has 0 aromatic carbocycles. The minimum atomic E-state index is -3.96. The fraction of sp³-hybridized carbons (Fsp3) is 0.583. The van der Waals surface area contributed by atoms with E-state index in [1.165, 1.54) is 0 Å². The van der Waals surface area contributed by atoms with Crippen LogP contribution < -0.4 is 5.32 Å². The molecule has 1 aromatic rings. The quantitative estimate of drug-likeness (QED) is 0.534. The molecule has 9 heteroatoms. The predicted octanol–water partition coefficient (Wildman–Crippen LogP) is 2.76. The largest absolute Gasteiger partial charge is 0.443 e. The molecular formula is C12H17BrClNO5S. The maximum atomic E-state index is 11.8. The van der Waals surface area contributed by atoms with Crippen LogP contribution in [-0.4, -0.2) is 34.1 Å². The highest BCUT2D eigenvalue weighted by Gasteiger charge is 2.23. The molecule has 0 aliphatic carbocycles. The van der Waals surface area contributed by atoms with Crippen molar-refractivity contribution in [3.8, 4) is 0 Å². The summed E-state index contributed by atoms with van der Waals surface area (Å²) in [6, 6.07) is 1.07. The molecule has 0 aliphatic rings. The number of carbonyl (C=O) groups excluding carboxylic acids is 1. The standard InChI is InChI=1S/C12H17BrClNO5S/c1-8(2)3-5-19-6-4-15-12(16)9-7-10(11(13)20-9)21(14,17)18/h7-8H,3-6H2,1-2H3,(H,15,16). The molecule has 0 bridgehead atoms. The van der Waals surface area contributed by atoms with Crippen LogP contribution in [0.5, 0.6) is 0 Å². The second-order valence-corrected chi connectivity index (χ2v) is 7.99. The van der Waals surface area contributed by atoms with Crippen LogP contribution in [0.15, 0.2) is 20.0 Å². The average Bonchev–Trinajstić information content (AvgIpc) is 2.75. The van der Waals surface area contributed by atoms with Crippen molar-refractivity contribution < 1.29 is 22.4 Å². The fourth-order valence-electron chi connectivity index (χ4n) is 1.38. The summed E-state index contributed by atoms with van der Waals surface area (Å²) in [7, 11) is 1.24. The van der Waals surface area contributed by atoms with Gasteiger partial charge in [-0.25, -0.2) is 8.42 Å².